The second kappa shape index (κ2) is 5.02. The van der Waals surface area contributed by atoms with Gasteiger partial charge in [0.15, 0.2) is 0 Å². The summed E-state index contributed by atoms with van der Waals surface area (Å²) in [5.41, 5.74) is 2.45. The Labute approximate surface area is 110 Å². The van der Waals surface area contributed by atoms with Gasteiger partial charge in [0.1, 0.15) is 5.76 Å². The number of hydrogen-bond acceptors (Lipinski definition) is 4. The van der Waals surface area contributed by atoms with Gasteiger partial charge in [-0.1, -0.05) is 5.16 Å². The van der Waals surface area contributed by atoms with Gasteiger partial charge >= 0.3 is 0 Å². The minimum Gasteiger partial charge on any atom is -0.361 e. The number of hydrogen-bond donors (Lipinski definition) is 1. The Morgan fingerprint density at radius 2 is 2.11 bits per heavy atom. The highest BCUT2D eigenvalue weighted by molar-refractivity contribution is 5.24. The van der Waals surface area contributed by atoms with Crippen molar-refractivity contribution in [3.05, 3.63) is 17.0 Å². The molecule has 0 aliphatic carbocycles. The molecular formula is C14H25N3O. The zero-order valence-electron chi connectivity index (χ0n) is 12.2. The van der Waals surface area contributed by atoms with Crippen LogP contribution in [0.25, 0.3) is 0 Å². The van der Waals surface area contributed by atoms with Crippen molar-refractivity contribution in [3.63, 3.8) is 0 Å². The van der Waals surface area contributed by atoms with Crippen LogP contribution in [0.3, 0.4) is 0 Å². The van der Waals surface area contributed by atoms with E-state index in [0.717, 1.165) is 31.1 Å². The Morgan fingerprint density at radius 3 is 2.72 bits per heavy atom. The molecule has 1 saturated heterocycles. The molecule has 0 aromatic carbocycles. The van der Waals surface area contributed by atoms with E-state index in [1.807, 2.05) is 13.8 Å². The molecule has 1 aromatic heterocycles. The van der Waals surface area contributed by atoms with Crippen LogP contribution < -0.4 is 5.32 Å². The van der Waals surface area contributed by atoms with E-state index in [0.29, 0.717) is 6.04 Å². The molecule has 1 atom stereocenters. The lowest BCUT2D eigenvalue weighted by molar-refractivity contribution is 0.178. The predicted octanol–water partition coefficient (Wildman–Crippen LogP) is 2.43. The number of aryl methyl sites for hydroxylation is 2. The molecule has 4 heteroatoms. The average molecular weight is 251 g/mol. The molecule has 0 amide bonds. The molecule has 1 aliphatic heterocycles. The lowest BCUT2D eigenvalue weighted by atomic mass is 10.0. The van der Waals surface area contributed by atoms with E-state index in [1.165, 1.54) is 12.0 Å². The van der Waals surface area contributed by atoms with Gasteiger partial charge in [0.25, 0.3) is 0 Å². The summed E-state index contributed by atoms with van der Waals surface area (Å²) in [6, 6.07) is 0.371. The van der Waals surface area contributed by atoms with E-state index in [9.17, 15) is 0 Å². The first-order chi connectivity index (χ1) is 8.41. The van der Waals surface area contributed by atoms with Crippen LogP contribution in [0.5, 0.6) is 0 Å². The molecule has 1 aromatic rings. The highest BCUT2D eigenvalue weighted by Crippen LogP contribution is 2.28. The predicted molar refractivity (Wildman–Crippen MR) is 72.7 cm³/mol. The molecule has 4 nitrogen and oxygen atoms in total. The summed E-state index contributed by atoms with van der Waals surface area (Å²) in [6.45, 7) is 14.1. The monoisotopic (exact) mass is 251 g/mol. The lowest BCUT2D eigenvalue weighted by Crippen LogP contribution is -2.47. The molecule has 2 heterocycles. The van der Waals surface area contributed by atoms with Crippen molar-refractivity contribution in [2.45, 2.75) is 52.6 Å². The molecule has 1 fully saturated rings. The number of rotatable bonds is 2. The zero-order valence-corrected chi connectivity index (χ0v) is 12.2. The van der Waals surface area contributed by atoms with Crippen LogP contribution in [0.2, 0.25) is 0 Å². The van der Waals surface area contributed by atoms with Gasteiger partial charge in [0.05, 0.1) is 5.69 Å². The molecule has 1 aliphatic rings. The van der Waals surface area contributed by atoms with Crippen molar-refractivity contribution in [1.29, 1.82) is 0 Å². The van der Waals surface area contributed by atoms with Crippen molar-refractivity contribution in [1.82, 2.24) is 15.4 Å². The van der Waals surface area contributed by atoms with Gasteiger partial charge in [-0.2, -0.15) is 0 Å². The van der Waals surface area contributed by atoms with Crippen molar-refractivity contribution >= 4 is 0 Å². The Balaban J connectivity index is 2.20. The van der Waals surface area contributed by atoms with Gasteiger partial charge in [-0.05, 0) is 47.6 Å². The topological polar surface area (TPSA) is 41.3 Å². The van der Waals surface area contributed by atoms with Crippen molar-refractivity contribution in [2.24, 2.45) is 0 Å². The maximum atomic E-state index is 5.30. The fourth-order valence-electron chi connectivity index (χ4n) is 2.95. The smallest absolute Gasteiger partial charge is 0.138 e. The van der Waals surface area contributed by atoms with E-state index in [-0.39, 0.29) is 5.54 Å². The number of aromatic nitrogens is 1. The van der Waals surface area contributed by atoms with Crippen molar-refractivity contribution in [3.8, 4) is 0 Å². The Kier molecular flexibility index (Phi) is 3.78. The van der Waals surface area contributed by atoms with Crippen molar-refractivity contribution in [2.75, 3.05) is 19.6 Å². The Morgan fingerprint density at radius 1 is 1.39 bits per heavy atom. The summed E-state index contributed by atoms with van der Waals surface area (Å²) >= 11 is 0. The van der Waals surface area contributed by atoms with Gasteiger partial charge in [-0.3, -0.25) is 4.90 Å². The third-order valence-electron chi connectivity index (χ3n) is 3.88. The highest BCUT2D eigenvalue weighted by atomic mass is 16.5. The highest BCUT2D eigenvalue weighted by Gasteiger charge is 2.29. The fraction of sp³-hybridized carbons (Fsp3) is 0.786. The van der Waals surface area contributed by atoms with E-state index < -0.39 is 0 Å². The summed E-state index contributed by atoms with van der Waals surface area (Å²) in [4.78, 5) is 2.53. The van der Waals surface area contributed by atoms with E-state index in [2.05, 4.69) is 36.1 Å². The third-order valence-corrected chi connectivity index (χ3v) is 3.88. The molecule has 2 rings (SSSR count). The van der Waals surface area contributed by atoms with Gasteiger partial charge < -0.3 is 9.84 Å². The summed E-state index contributed by atoms with van der Waals surface area (Å²) < 4.78 is 5.30. The number of nitrogens with one attached hydrogen (secondary N) is 1. The van der Waals surface area contributed by atoms with Crippen LogP contribution in [0, 0.1) is 13.8 Å². The minimum absolute atomic E-state index is 0.170. The van der Waals surface area contributed by atoms with Gasteiger partial charge in [0, 0.05) is 30.2 Å². The summed E-state index contributed by atoms with van der Waals surface area (Å²) in [7, 11) is 0. The first-order valence-corrected chi connectivity index (χ1v) is 6.82. The lowest BCUT2D eigenvalue weighted by Gasteiger charge is -2.34. The maximum absolute atomic E-state index is 5.30. The number of nitrogens with zero attached hydrogens (tertiary/aromatic N) is 2. The first-order valence-electron chi connectivity index (χ1n) is 6.82. The summed E-state index contributed by atoms with van der Waals surface area (Å²) in [5.74, 6) is 0.954. The normalized spacial score (nSPS) is 22.7. The second-order valence-corrected chi connectivity index (χ2v) is 6.05. The largest absolute Gasteiger partial charge is 0.361 e. The van der Waals surface area contributed by atoms with Gasteiger partial charge in [-0.15, -0.1) is 0 Å². The van der Waals surface area contributed by atoms with Gasteiger partial charge in [0.2, 0.25) is 0 Å². The maximum Gasteiger partial charge on any atom is 0.138 e. The van der Waals surface area contributed by atoms with Crippen LogP contribution in [0.1, 0.15) is 50.3 Å². The van der Waals surface area contributed by atoms with Crippen LogP contribution >= 0.6 is 0 Å². The standard InChI is InChI=1S/C14H25N3O/c1-10-13(12(3)18-16-10)11(2)17-8-6-7-15-14(4,5)9-17/h11,15H,6-9H2,1-5H3. The summed E-state index contributed by atoms with van der Waals surface area (Å²) in [6.07, 6.45) is 1.19. The molecule has 1 N–H and O–H groups in total. The fourth-order valence-corrected chi connectivity index (χ4v) is 2.95. The van der Waals surface area contributed by atoms with E-state index in [1.54, 1.807) is 0 Å². The van der Waals surface area contributed by atoms with E-state index in [4.69, 9.17) is 4.52 Å². The Hall–Kier alpha value is -0.870. The Bertz CT molecular complexity index is 392. The molecule has 102 valence electrons. The van der Waals surface area contributed by atoms with Crippen LogP contribution in [0.4, 0.5) is 0 Å². The SMILES string of the molecule is Cc1noc(C)c1C(C)N1CCCNC(C)(C)C1. The zero-order chi connectivity index (χ0) is 13.3. The molecule has 0 spiro atoms. The molecule has 18 heavy (non-hydrogen) atoms. The van der Waals surface area contributed by atoms with Crippen LogP contribution in [0.15, 0.2) is 4.52 Å². The summed E-state index contributed by atoms with van der Waals surface area (Å²) in [5, 5.41) is 7.67. The molecular weight excluding hydrogens is 226 g/mol. The average Bonchev–Trinajstić information content (AvgIpc) is 2.50. The quantitative estimate of drug-likeness (QED) is 0.876. The third kappa shape index (κ3) is 2.75. The van der Waals surface area contributed by atoms with Crippen molar-refractivity contribution < 1.29 is 4.52 Å². The van der Waals surface area contributed by atoms with Gasteiger partial charge in [-0.25, -0.2) is 0 Å². The van der Waals surface area contributed by atoms with E-state index >= 15 is 0 Å². The first kappa shape index (κ1) is 13.6. The van der Waals surface area contributed by atoms with Crippen LogP contribution in [-0.2, 0) is 0 Å². The minimum atomic E-state index is 0.170. The molecule has 0 saturated carbocycles. The second-order valence-electron chi connectivity index (χ2n) is 6.05. The van der Waals surface area contributed by atoms with Crippen LogP contribution in [-0.4, -0.2) is 35.2 Å². The molecule has 0 bridgehead atoms. The molecule has 1 unspecified atom stereocenters. The molecule has 0 radical (unpaired) electrons.